The van der Waals surface area contributed by atoms with Gasteiger partial charge in [-0.3, -0.25) is 0 Å². The number of nitrogens with zero attached hydrogens (tertiary/aromatic N) is 1. The summed E-state index contributed by atoms with van der Waals surface area (Å²) in [4.78, 5) is -0.241. The summed E-state index contributed by atoms with van der Waals surface area (Å²) >= 11 is 9.02. The molecule has 1 aromatic carbocycles. The minimum Gasteiger partial charge on any atom is -0.197 e. The van der Waals surface area contributed by atoms with Crippen LogP contribution in [0.4, 0.5) is 0 Å². The lowest BCUT2D eigenvalue weighted by Crippen LogP contribution is -1.89. The maximum atomic E-state index is 8.65. The summed E-state index contributed by atoms with van der Waals surface area (Å²) in [6, 6.07) is 7.61. The fourth-order valence-electron chi connectivity index (χ4n) is 0.993. The molecule has 1 unspecified atom stereocenters. The zero-order valence-corrected chi connectivity index (χ0v) is 8.85. The highest BCUT2D eigenvalue weighted by atomic mass is 79.9. The Morgan fingerprint density at radius 2 is 2.25 bits per heavy atom. The van der Waals surface area contributed by atoms with E-state index in [0.29, 0.717) is 5.02 Å². The predicted molar refractivity (Wildman–Crippen MR) is 53.5 cm³/mol. The molecule has 1 atom stereocenters. The lowest BCUT2D eigenvalue weighted by Gasteiger charge is -2.05. The van der Waals surface area contributed by atoms with Crippen LogP contribution in [0.5, 0.6) is 0 Å². The van der Waals surface area contributed by atoms with E-state index in [2.05, 4.69) is 22.0 Å². The first kappa shape index (κ1) is 9.57. The van der Waals surface area contributed by atoms with Crippen molar-refractivity contribution in [3.05, 3.63) is 34.3 Å². The first-order valence-electron chi connectivity index (χ1n) is 3.45. The van der Waals surface area contributed by atoms with Crippen LogP contribution in [0.25, 0.3) is 0 Å². The Hall–Kier alpha value is -0.520. The van der Waals surface area contributed by atoms with Gasteiger partial charge in [-0.2, -0.15) is 5.26 Å². The molecule has 0 fully saturated rings. The average Bonchev–Trinajstić information content (AvgIpc) is 2.03. The smallest absolute Gasteiger partial charge is 0.126 e. The second-order valence-corrected chi connectivity index (χ2v) is 3.84. The average molecular weight is 245 g/mol. The molecular weight excluding hydrogens is 237 g/mol. The molecular formula is C9H7BrClN. The van der Waals surface area contributed by atoms with Gasteiger partial charge in [-0.15, -0.1) is 0 Å². The summed E-state index contributed by atoms with van der Waals surface area (Å²) in [5.41, 5.74) is 2.01. The quantitative estimate of drug-likeness (QED) is 0.692. The summed E-state index contributed by atoms with van der Waals surface area (Å²) in [6.07, 6.45) is 0. The molecule has 3 heteroatoms. The maximum absolute atomic E-state index is 8.65. The number of aryl methyl sites for hydroxylation is 1. The van der Waals surface area contributed by atoms with Crippen LogP contribution >= 0.6 is 27.5 Å². The minimum absolute atomic E-state index is 0.241. The summed E-state index contributed by atoms with van der Waals surface area (Å²) in [5.74, 6) is 0. The summed E-state index contributed by atoms with van der Waals surface area (Å²) in [6.45, 7) is 1.94. The van der Waals surface area contributed by atoms with Gasteiger partial charge in [-0.05, 0) is 30.2 Å². The number of rotatable bonds is 1. The molecule has 12 heavy (non-hydrogen) atoms. The molecule has 0 saturated heterocycles. The number of hydrogen-bond acceptors (Lipinski definition) is 1. The number of nitriles is 1. The largest absolute Gasteiger partial charge is 0.197 e. The van der Waals surface area contributed by atoms with E-state index >= 15 is 0 Å². The third kappa shape index (κ3) is 2.00. The molecule has 0 spiro atoms. The van der Waals surface area contributed by atoms with Gasteiger partial charge < -0.3 is 0 Å². The molecule has 62 valence electrons. The van der Waals surface area contributed by atoms with Gasteiger partial charge in [0.05, 0.1) is 6.07 Å². The zero-order chi connectivity index (χ0) is 9.14. The summed E-state index contributed by atoms with van der Waals surface area (Å²) in [7, 11) is 0. The Morgan fingerprint density at radius 1 is 1.58 bits per heavy atom. The molecule has 0 aliphatic carbocycles. The van der Waals surface area contributed by atoms with Crippen LogP contribution in [-0.4, -0.2) is 0 Å². The fourth-order valence-corrected chi connectivity index (χ4v) is 1.73. The van der Waals surface area contributed by atoms with Crippen LogP contribution in [0.3, 0.4) is 0 Å². The van der Waals surface area contributed by atoms with Gasteiger partial charge in [0.2, 0.25) is 0 Å². The van der Waals surface area contributed by atoms with E-state index in [0.717, 1.165) is 11.1 Å². The molecule has 0 bridgehead atoms. The Labute approximate surface area is 85.1 Å². The van der Waals surface area contributed by atoms with Crippen molar-refractivity contribution >= 4 is 27.5 Å². The Kier molecular flexibility index (Phi) is 3.13. The zero-order valence-electron chi connectivity index (χ0n) is 6.51. The Bertz CT molecular complexity index is 330. The Balaban J connectivity index is 3.11. The van der Waals surface area contributed by atoms with Crippen LogP contribution in [0.15, 0.2) is 18.2 Å². The van der Waals surface area contributed by atoms with E-state index < -0.39 is 0 Å². The van der Waals surface area contributed by atoms with Gasteiger partial charge in [0.15, 0.2) is 0 Å². The second kappa shape index (κ2) is 3.93. The van der Waals surface area contributed by atoms with E-state index in [4.69, 9.17) is 16.9 Å². The van der Waals surface area contributed by atoms with Gasteiger partial charge in [-0.25, -0.2) is 0 Å². The maximum Gasteiger partial charge on any atom is 0.126 e. The molecule has 0 N–H and O–H groups in total. The number of alkyl halides is 1. The third-order valence-corrected chi connectivity index (χ3v) is 2.55. The highest BCUT2D eigenvalue weighted by Gasteiger charge is 2.08. The monoisotopic (exact) mass is 243 g/mol. The van der Waals surface area contributed by atoms with Crippen LogP contribution in [0.2, 0.25) is 5.02 Å². The minimum atomic E-state index is -0.241. The summed E-state index contributed by atoms with van der Waals surface area (Å²) < 4.78 is 0. The third-order valence-electron chi connectivity index (χ3n) is 1.62. The van der Waals surface area contributed by atoms with Crippen LogP contribution in [-0.2, 0) is 0 Å². The predicted octanol–water partition coefficient (Wildman–Crippen LogP) is 3.61. The Morgan fingerprint density at radius 3 is 2.75 bits per heavy atom. The standard InChI is InChI=1S/C9H7BrClN/c1-6-4-7(11)2-3-8(6)9(10)5-12/h2-4,9H,1H3. The van der Waals surface area contributed by atoms with Gasteiger partial charge in [0.25, 0.3) is 0 Å². The number of hydrogen-bond donors (Lipinski definition) is 0. The van der Waals surface area contributed by atoms with Crippen molar-refractivity contribution in [2.24, 2.45) is 0 Å². The first-order chi connectivity index (χ1) is 5.65. The van der Waals surface area contributed by atoms with Crippen molar-refractivity contribution in [3.63, 3.8) is 0 Å². The van der Waals surface area contributed by atoms with Crippen molar-refractivity contribution in [2.75, 3.05) is 0 Å². The number of halogens is 2. The molecule has 0 aliphatic heterocycles. The highest BCUT2D eigenvalue weighted by molar-refractivity contribution is 9.09. The molecule has 0 heterocycles. The molecule has 0 aliphatic rings. The van der Waals surface area contributed by atoms with Gasteiger partial charge >= 0.3 is 0 Å². The molecule has 0 saturated carbocycles. The molecule has 1 aromatic rings. The van der Waals surface area contributed by atoms with E-state index in [-0.39, 0.29) is 4.83 Å². The lowest BCUT2D eigenvalue weighted by atomic mass is 10.1. The first-order valence-corrected chi connectivity index (χ1v) is 4.74. The van der Waals surface area contributed by atoms with Crippen molar-refractivity contribution in [2.45, 2.75) is 11.8 Å². The SMILES string of the molecule is Cc1cc(Cl)ccc1C(Br)C#N. The molecule has 0 aromatic heterocycles. The molecule has 0 amide bonds. The van der Waals surface area contributed by atoms with E-state index in [1.54, 1.807) is 6.07 Å². The van der Waals surface area contributed by atoms with E-state index in [1.807, 2.05) is 19.1 Å². The van der Waals surface area contributed by atoms with Crippen molar-refractivity contribution < 1.29 is 0 Å². The van der Waals surface area contributed by atoms with Gasteiger partial charge in [0, 0.05) is 5.02 Å². The van der Waals surface area contributed by atoms with Gasteiger partial charge in [-0.1, -0.05) is 33.6 Å². The molecule has 1 nitrogen and oxygen atoms in total. The van der Waals surface area contributed by atoms with Crippen LogP contribution in [0, 0.1) is 18.3 Å². The second-order valence-electron chi connectivity index (χ2n) is 2.49. The van der Waals surface area contributed by atoms with Crippen LogP contribution in [0.1, 0.15) is 16.0 Å². The van der Waals surface area contributed by atoms with Crippen molar-refractivity contribution in [1.29, 1.82) is 5.26 Å². The number of benzene rings is 1. The molecule has 1 rings (SSSR count). The van der Waals surface area contributed by atoms with Crippen molar-refractivity contribution in [1.82, 2.24) is 0 Å². The summed E-state index contributed by atoms with van der Waals surface area (Å²) in [5, 5.41) is 9.35. The topological polar surface area (TPSA) is 23.8 Å². The van der Waals surface area contributed by atoms with Crippen LogP contribution < -0.4 is 0 Å². The molecule has 0 radical (unpaired) electrons. The van der Waals surface area contributed by atoms with E-state index in [1.165, 1.54) is 0 Å². The fraction of sp³-hybridized carbons (Fsp3) is 0.222. The van der Waals surface area contributed by atoms with Crippen molar-refractivity contribution in [3.8, 4) is 6.07 Å². The van der Waals surface area contributed by atoms with E-state index in [9.17, 15) is 0 Å². The highest BCUT2D eigenvalue weighted by Crippen LogP contribution is 2.26. The lowest BCUT2D eigenvalue weighted by molar-refractivity contribution is 1.20. The van der Waals surface area contributed by atoms with Gasteiger partial charge in [0.1, 0.15) is 4.83 Å². The normalized spacial score (nSPS) is 12.2.